The maximum Gasteiger partial charge on any atom is 0.265 e. The lowest BCUT2D eigenvalue weighted by atomic mass is 10.2. The molecule has 1 aromatic carbocycles. The molecule has 1 aromatic heterocycles. The number of ether oxygens (including phenoxy) is 1. The number of aryl methyl sites for hydroxylation is 1. The Labute approximate surface area is 124 Å². The molecule has 0 unspecified atom stereocenters. The minimum absolute atomic E-state index is 0.0914. The average molecular weight is 310 g/mol. The van der Waals surface area contributed by atoms with Gasteiger partial charge in [0.25, 0.3) is 10.0 Å². The first-order valence-electron chi connectivity index (χ1n) is 6.29. The van der Waals surface area contributed by atoms with Gasteiger partial charge in [-0.15, -0.1) is 0 Å². The van der Waals surface area contributed by atoms with Gasteiger partial charge in [-0.1, -0.05) is 6.07 Å². The first-order valence-corrected chi connectivity index (χ1v) is 7.77. The molecule has 114 valence electrons. The summed E-state index contributed by atoms with van der Waals surface area (Å²) in [6.07, 6.45) is 3.03. The van der Waals surface area contributed by atoms with E-state index in [2.05, 4.69) is 15.1 Å². The molecule has 0 aliphatic rings. The summed E-state index contributed by atoms with van der Waals surface area (Å²) in [7, 11) is 1.26. The third-order valence-electron chi connectivity index (χ3n) is 2.86. The Morgan fingerprint density at radius 1 is 1.38 bits per heavy atom. The van der Waals surface area contributed by atoms with Crippen LogP contribution in [-0.2, 0) is 23.6 Å². The van der Waals surface area contributed by atoms with Gasteiger partial charge in [0.2, 0.25) is 0 Å². The molecule has 1 heterocycles. The van der Waals surface area contributed by atoms with Crippen molar-refractivity contribution in [1.82, 2.24) is 15.1 Å². The van der Waals surface area contributed by atoms with Crippen molar-refractivity contribution < 1.29 is 13.2 Å². The molecule has 0 saturated carbocycles. The Balaban J connectivity index is 2.34. The van der Waals surface area contributed by atoms with Crippen molar-refractivity contribution in [3.63, 3.8) is 0 Å². The van der Waals surface area contributed by atoms with Gasteiger partial charge in [0, 0.05) is 19.8 Å². The van der Waals surface area contributed by atoms with Crippen LogP contribution in [0.15, 0.2) is 35.5 Å². The van der Waals surface area contributed by atoms with E-state index in [1.54, 1.807) is 25.4 Å². The van der Waals surface area contributed by atoms with Gasteiger partial charge in [0.15, 0.2) is 0 Å². The molecule has 0 saturated heterocycles. The number of nitrogens with one attached hydrogen (secondary N) is 2. The number of hydrogen-bond acceptors (Lipinski definition) is 5. The molecule has 0 bridgehead atoms. The van der Waals surface area contributed by atoms with Gasteiger partial charge in [-0.25, -0.2) is 8.42 Å². The molecule has 0 spiro atoms. The number of nitrogens with zero attached hydrogens (tertiary/aromatic N) is 2. The zero-order valence-electron chi connectivity index (χ0n) is 12.1. The van der Waals surface area contributed by atoms with E-state index in [9.17, 15) is 8.42 Å². The molecule has 0 fully saturated rings. The third-order valence-corrected chi connectivity index (χ3v) is 4.28. The minimum atomic E-state index is -3.72. The van der Waals surface area contributed by atoms with Crippen LogP contribution in [0.2, 0.25) is 0 Å². The predicted molar refractivity (Wildman–Crippen MR) is 79.8 cm³/mol. The Bertz CT molecular complexity index is 725. The Morgan fingerprint density at radius 2 is 2.14 bits per heavy atom. The number of methoxy groups -OCH3 is 1. The summed E-state index contributed by atoms with van der Waals surface area (Å²) in [5.41, 5.74) is 1.34. The summed E-state index contributed by atoms with van der Waals surface area (Å²) >= 11 is 0. The van der Waals surface area contributed by atoms with Crippen molar-refractivity contribution in [2.45, 2.75) is 11.4 Å². The largest absolute Gasteiger partial charge is 0.495 e. The van der Waals surface area contributed by atoms with E-state index in [1.807, 2.05) is 7.05 Å². The van der Waals surface area contributed by atoms with Crippen LogP contribution in [0.5, 0.6) is 5.75 Å². The van der Waals surface area contributed by atoms with Gasteiger partial charge in [-0.2, -0.15) is 5.10 Å². The SMILES string of the molecule is CNCc1ccc(S(=O)(=O)Nc2cnn(C)c2)c(OC)c1. The highest BCUT2D eigenvalue weighted by Gasteiger charge is 2.20. The second-order valence-electron chi connectivity index (χ2n) is 4.52. The van der Waals surface area contributed by atoms with Crippen molar-refractivity contribution in [1.29, 1.82) is 0 Å². The van der Waals surface area contributed by atoms with Crippen molar-refractivity contribution in [2.75, 3.05) is 18.9 Å². The van der Waals surface area contributed by atoms with Crippen molar-refractivity contribution in [3.8, 4) is 5.75 Å². The van der Waals surface area contributed by atoms with Gasteiger partial charge in [0.05, 0.1) is 19.0 Å². The van der Waals surface area contributed by atoms with Gasteiger partial charge in [-0.3, -0.25) is 9.40 Å². The summed E-state index contributed by atoms with van der Waals surface area (Å²) in [5, 5.41) is 6.93. The number of benzene rings is 1. The summed E-state index contributed by atoms with van der Waals surface area (Å²) in [6, 6.07) is 4.98. The quantitative estimate of drug-likeness (QED) is 0.830. The molecule has 2 aromatic rings. The molecule has 0 amide bonds. The molecule has 0 aliphatic heterocycles. The zero-order chi connectivity index (χ0) is 15.5. The van der Waals surface area contributed by atoms with Crippen LogP contribution in [0, 0.1) is 0 Å². The smallest absolute Gasteiger partial charge is 0.265 e. The van der Waals surface area contributed by atoms with Crippen LogP contribution in [0.3, 0.4) is 0 Å². The van der Waals surface area contributed by atoms with E-state index in [4.69, 9.17) is 4.74 Å². The van der Waals surface area contributed by atoms with E-state index in [0.717, 1.165) is 5.56 Å². The van der Waals surface area contributed by atoms with Crippen molar-refractivity contribution in [2.24, 2.45) is 7.05 Å². The van der Waals surface area contributed by atoms with Gasteiger partial charge in [-0.05, 0) is 24.7 Å². The van der Waals surface area contributed by atoms with Crippen LogP contribution in [-0.4, -0.2) is 32.4 Å². The fraction of sp³-hybridized carbons (Fsp3) is 0.308. The van der Waals surface area contributed by atoms with Gasteiger partial charge < -0.3 is 10.1 Å². The molecular weight excluding hydrogens is 292 g/mol. The molecule has 0 radical (unpaired) electrons. The van der Waals surface area contributed by atoms with Crippen molar-refractivity contribution >= 4 is 15.7 Å². The Hall–Kier alpha value is -2.06. The third kappa shape index (κ3) is 3.53. The highest BCUT2D eigenvalue weighted by atomic mass is 32.2. The first kappa shape index (κ1) is 15.3. The second-order valence-corrected chi connectivity index (χ2v) is 6.17. The van der Waals surface area contributed by atoms with E-state index >= 15 is 0 Å². The van der Waals surface area contributed by atoms with E-state index < -0.39 is 10.0 Å². The maximum atomic E-state index is 12.4. The Morgan fingerprint density at radius 3 is 2.71 bits per heavy atom. The number of sulfonamides is 1. The molecule has 2 N–H and O–H groups in total. The van der Waals surface area contributed by atoms with E-state index in [-0.39, 0.29) is 4.90 Å². The number of anilines is 1. The molecule has 0 atom stereocenters. The van der Waals surface area contributed by atoms with Crippen LogP contribution in [0.1, 0.15) is 5.56 Å². The molecule has 21 heavy (non-hydrogen) atoms. The van der Waals surface area contributed by atoms with Crippen molar-refractivity contribution in [3.05, 3.63) is 36.2 Å². The lowest BCUT2D eigenvalue weighted by Crippen LogP contribution is -2.14. The fourth-order valence-electron chi connectivity index (χ4n) is 1.93. The lowest BCUT2D eigenvalue weighted by molar-refractivity contribution is 0.402. The molecule has 2 rings (SSSR count). The second kappa shape index (κ2) is 6.15. The summed E-state index contributed by atoms with van der Waals surface area (Å²) < 4.78 is 34.0. The van der Waals surface area contributed by atoms with E-state index in [0.29, 0.717) is 18.0 Å². The number of hydrogen-bond donors (Lipinski definition) is 2. The lowest BCUT2D eigenvalue weighted by Gasteiger charge is -2.12. The summed E-state index contributed by atoms with van der Waals surface area (Å²) in [5.74, 6) is 0.305. The molecule has 8 heteroatoms. The first-order chi connectivity index (χ1) is 9.96. The normalized spacial score (nSPS) is 11.4. The van der Waals surface area contributed by atoms with Gasteiger partial charge in [0.1, 0.15) is 10.6 Å². The molecule has 7 nitrogen and oxygen atoms in total. The number of rotatable bonds is 6. The van der Waals surface area contributed by atoms with Crippen LogP contribution >= 0.6 is 0 Å². The highest BCUT2D eigenvalue weighted by molar-refractivity contribution is 7.92. The topological polar surface area (TPSA) is 85.3 Å². The van der Waals surface area contributed by atoms with Gasteiger partial charge >= 0.3 is 0 Å². The monoisotopic (exact) mass is 310 g/mol. The average Bonchev–Trinajstić information content (AvgIpc) is 2.83. The number of aromatic nitrogens is 2. The van der Waals surface area contributed by atoms with E-state index in [1.165, 1.54) is 24.1 Å². The molecule has 0 aliphatic carbocycles. The maximum absolute atomic E-state index is 12.4. The van der Waals surface area contributed by atoms with Crippen LogP contribution < -0.4 is 14.8 Å². The predicted octanol–water partition coefficient (Wildman–Crippen LogP) is 0.949. The summed E-state index contributed by atoms with van der Waals surface area (Å²) in [4.78, 5) is 0.0914. The van der Waals surface area contributed by atoms with Crippen LogP contribution in [0.4, 0.5) is 5.69 Å². The molecular formula is C13H18N4O3S. The Kier molecular flexibility index (Phi) is 4.49. The minimum Gasteiger partial charge on any atom is -0.495 e. The fourth-order valence-corrected chi connectivity index (χ4v) is 3.11. The summed E-state index contributed by atoms with van der Waals surface area (Å²) in [6.45, 7) is 0.632. The zero-order valence-corrected chi connectivity index (χ0v) is 12.9. The highest BCUT2D eigenvalue weighted by Crippen LogP contribution is 2.26. The standard InChI is InChI=1S/C13H18N4O3S/c1-14-7-10-4-5-13(12(6-10)20-3)21(18,19)16-11-8-15-17(2)9-11/h4-6,8-9,14,16H,7H2,1-3H3. The van der Waals surface area contributed by atoms with Crippen LogP contribution in [0.25, 0.3) is 0 Å².